The number of hydrogen-bond donors (Lipinski definition) is 1. The molecule has 2 aromatic carbocycles. The maximum absolute atomic E-state index is 5.79. The summed E-state index contributed by atoms with van der Waals surface area (Å²) in [5.74, 6) is 0.906. The molecule has 2 aromatic rings. The zero-order valence-electron chi connectivity index (χ0n) is 12.1. The molecule has 20 heavy (non-hydrogen) atoms. The van der Waals surface area contributed by atoms with Gasteiger partial charge in [-0.2, -0.15) is 0 Å². The molecule has 0 bridgehead atoms. The Bertz CT molecular complexity index is 452. The summed E-state index contributed by atoms with van der Waals surface area (Å²) in [5.41, 5.74) is 9.38. The average Bonchev–Trinajstić information content (AvgIpc) is 2.49. The lowest BCUT2D eigenvalue weighted by atomic mass is 10.1. The molecule has 2 heteroatoms. The minimum Gasteiger partial charge on any atom is -0.489 e. The monoisotopic (exact) mass is 269 g/mol. The number of ether oxygens (including phenoxy) is 1. The first kappa shape index (κ1) is 14.6. The minimum atomic E-state index is 0.614. The molecule has 106 valence electrons. The molecule has 0 saturated heterocycles. The van der Waals surface area contributed by atoms with Crippen LogP contribution in [0, 0.1) is 0 Å². The van der Waals surface area contributed by atoms with Gasteiger partial charge in [0.05, 0.1) is 0 Å². The smallest absolute Gasteiger partial charge is 0.119 e. The molecule has 2 N–H and O–H groups in total. The predicted molar refractivity (Wildman–Crippen MR) is 84.0 cm³/mol. The summed E-state index contributed by atoms with van der Waals surface area (Å²) in [6.07, 6.45) is 3.24. The second-order valence-electron chi connectivity index (χ2n) is 5.04. The highest BCUT2D eigenvalue weighted by atomic mass is 16.5. The van der Waals surface area contributed by atoms with E-state index in [-0.39, 0.29) is 0 Å². The van der Waals surface area contributed by atoms with Crippen LogP contribution in [0.25, 0.3) is 0 Å². The van der Waals surface area contributed by atoms with E-state index in [9.17, 15) is 0 Å². The van der Waals surface area contributed by atoms with Gasteiger partial charge in [0.1, 0.15) is 12.4 Å². The van der Waals surface area contributed by atoms with Crippen LogP contribution in [0.5, 0.6) is 5.75 Å². The van der Waals surface area contributed by atoms with Gasteiger partial charge in [-0.15, -0.1) is 0 Å². The van der Waals surface area contributed by atoms with Gasteiger partial charge in [0.25, 0.3) is 0 Å². The predicted octanol–water partition coefficient (Wildman–Crippen LogP) is 3.72. The maximum Gasteiger partial charge on any atom is 0.119 e. The Morgan fingerprint density at radius 3 is 1.95 bits per heavy atom. The third-order valence-corrected chi connectivity index (χ3v) is 3.32. The Hall–Kier alpha value is -1.80. The molecule has 0 aliphatic carbocycles. The van der Waals surface area contributed by atoms with Crippen LogP contribution in [0.2, 0.25) is 0 Å². The van der Waals surface area contributed by atoms with E-state index in [0.29, 0.717) is 13.2 Å². The fraction of sp³-hybridized carbons (Fsp3) is 0.333. The van der Waals surface area contributed by atoms with E-state index < -0.39 is 0 Å². The zero-order valence-corrected chi connectivity index (χ0v) is 12.1. The molecule has 0 aromatic heterocycles. The van der Waals surface area contributed by atoms with Gasteiger partial charge in [-0.1, -0.05) is 49.7 Å². The quantitative estimate of drug-likeness (QED) is 0.831. The molecule has 0 radical (unpaired) electrons. The third-order valence-electron chi connectivity index (χ3n) is 3.32. The molecule has 0 aliphatic rings. The summed E-state index contributed by atoms with van der Waals surface area (Å²) in [6.45, 7) is 3.50. The van der Waals surface area contributed by atoms with Crippen molar-refractivity contribution in [1.82, 2.24) is 0 Å². The summed E-state index contributed by atoms with van der Waals surface area (Å²) in [6, 6.07) is 16.8. The first-order valence-electron chi connectivity index (χ1n) is 7.31. The molecule has 0 aliphatic heterocycles. The summed E-state index contributed by atoms with van der Waals surface area (Å²) in [5, 5.41) is 0. The number of aryl methyl sites for hydroxylation is 1. The highest BCUT2D eigenvalue weighted by Gasteiger charge is 1.98. The Balaban J connectivity index is 1.87. The van der Waals surface area contributed by atoms with Gasteiger partial charge >= 0.3 is 0 Å². The normalized spacial score (nSPS) is 10.5. The second kappa shape index (κ2) is 7.71. The minimum absolute atomic E-state index is 0.614. The second-order valence-corrected chi connectivity index (χ2v) is 5.04. The molecule has 0 saturated carbocycles. The fourth-order valence-corrected chi connectivity index (χ4v) is 2.18. The summed E-state index contributed by atoms with van der Waals surface area (Å²) < 4.78 is 5.79. The number of nitrogens with two attached hydrogens (primary N) is 1. The van der Waals surface area contributed by atoms with Crippen LogP contribution >= 0.6 is 0 Å². The fourth-order valence-electron chi connectivity index (χ4n) is 2.18. The first-order chi connectivity index (χ1) is 9.81. The lowest BCUT2D eigenvalue weighted by Gasteiger charge is -2.08. The van der Waals surface area contributed by atoms with Crippen molar-refractivity contribution in [2.45, 2.75) is 32.8 Å². The zero-order chi connectivity index (χ0) is 14.2. The van der Waals surface area contributed by atoms with Crippen LogP contribution in [-0.2, 0) is 19.4 Å². The van der Waals surface area contributed by atoms with Crippen LogP contribution in [0.3, 0.4) is 0 Å². The standard InChI is InChI=1S/C18H23NO/c1-2-3-15-4-6-17(7-5-15)14-20-18-10-8-16(9-11-18)12-13-19/h4-11H,2-3,12-14,19H2,1H3. The number of benzene rings is 2. The lowest BCUT2D eigenvalue weighted by molar-refractivity contribution is 0.306. The van der Waals surface area contributed by atoms with Crippen LogP contribution < -0.4 is 10.5 Å². The highest BCUT2D eigenvalue weighted by Crippen LogP contribution is 2.15. The largest absolute Gasteiger partial charge is 0.489 e. The topological polar surface area (TPSA) is 35.2 Å². The lowest BCUT2D eigenvalue weighted by Crippen LogP contribution is -2.02. The van der Waals surface area contributed by atoms with Crippen molar-refractivity contribution in [3.05, 3.63) is 65.2 Å². The third kappa shape index (κ3) is 4.39. The van der Waals surface area contributed by atoms with Crippen molar-refractivity contribution < 1.29 is 4.74 Å². The molecule has 0 fully saturated rings. The van der Waals surface area contributed by atoms with Gasteiger partial charge in [-0.25, -0.2) is 0 Å². The Morgan fingerprint density at radius 2 is 1.35 bits per heavy atom. The van der Waals surface area contributed by atoms with Crippen LogP contribution in [0.4, 0.5) is 0 Å². The Labute approximate surface area is 121 Å². The molecular formula is C18H23NO. The number of hydrogen-bond acceptors (Lipinski definition) is 2. The molecule has 0 spiro atoms. The van der Waals surface area contributed by atoms with Gasteiger partial charge in [0, 0.05) is 0 Å². The molecule has 0 atom stereocenters. The highest BCUT2D eigenvalue weighted by molar-refractivity contribution is 5.28. The van der Waals surface area contributed by atoms with Crippen molar-refractivity contribution in [3.63, 3.8) is 0 Å². The van der Waals surface area contributed by atoms with Gasteiger partial charge in [0.15, 0.2) is 0 Å². The van der Waals surface area contributed by atoms with Crippen molar-refractivity contribution in [1.29, 1.82) is 0 Å². The van der Waals surface area contributed by atoms with Crippen LogP contribution in [0.15, 0.2) is 48.5 Å². The Morgan fingerprint density at radius 1 is 0.800 bits per heavy atom. The van der Waals surface area contributed by atoms with Gasteiger partial charge in [-0.05, 0) is 48.2 Å². The average molecular weight is 269 g/mol. The SMILES string of the molecule is CCCc1ccc(COc2ccc(CCN)cc2)cc1. The first-order valence-corrected chi connectivity index (χ1v) is 7.31. The van der Waals surface area contributed by atoms with Gasteiger partial charge in [0.2, 0.25) is 0 Å². The van der Waals surface area contributed by atoms with E-state index >= 15 is 0 Å². The van der Waals surface area contributed by atoms with Crippen molar-refractivity contribution in [3.8, 4) is 5.75 Å². The Kier molecular flexibility index (Phi) is 5.63. The molecular weight excluding hydrogens is 246 g/mol. The molecule has 0 heterocycles. The van der Waals surface area contributed by atoms with E-state index in [0.717, 1.165) is 18.6 Å². The summed E-state index contributed by atoms with van der Waals surface area (Å²) in [4.78, 5) is 0. The molecule has 0 amide bonds. The summed E-state index contributed by atoms with van der Waals surface area (Å²) in [7, 11) is 0. The van der Waals surface area contributed by atoms with Crippen LogP contribution in [-0.4, -0.2) is 6.54 Å². The van der Waals surface area contributed by atoms with E-state index in [4.69, 9.17) is 10.5 Å². The van der Waals surface area contributed by atoms with Crippen molar-refractivity contribution in [2.75, 3.05) is 6.54 Å². The number of rotatable bonds is 7. The van der Waals surface area contributed by atoms with Crippen LogP contribution in [0.1, 0.15) is 30.0 Å². The van der Waals surface area contributed by atoms with E-state index in [2.05, 4.69) is 43.3 Å². The van der Waals surface area contributed by atoms with E-state index in [1.807, 2.05) is 12.1 Å². The van der Waals surface area contributed by atoms with E-state index in [1.165, 1.54) is 23.1 Å². The van der Waals surface area contributed by atoms with Gasteiger partial charge in [-0.3, -0.25) is 0 Å². The maximum atomic E-state index is 5.79. The van der Waals surface area contributed by atoms with Gasteiger partial charge < -0.3 is 10.5 Å². The molecule has 0 unspecified atom stereocenters. The summed E-state index contributed by atoms with van der Waals surface area (Å²) >= 11 is 0. The van der Waals surface area contributed by atoms with Crippen molar-refractivity contribution >= 4 is 0 Å². The van der Waals surface area contributed by atoms with E-state index in [1.54, 1.807) is 0 Å². The molecule has 2 nitrogen and oxygen atoms in total. The van der Waals surface area contributed by atoms with Crippen molar-refractivity contribution in [2.24, 2.45) is 5.73 Å². The molecule has 2 rings (SSSR count).